The molecule has 0 radical (unpaired) electrons. The molecule has 1 aliphatic rings. The van der Waals surface area contributed by atoms with E-state index < -0.39 is 0 Å². The van der Waals surface area contributed by atoms with Gasteiger partial charge in [0.2, 0.25) is 11.8 Å². The molecule has 1 saturated heterocycles. The molecule has 2 unspecified atom stereocenters. The number of amides is 2. The number of fused-ring (bicyclic) bond motifs is 1. The minimum atomic E-state index is -0.251. The van der Waals surface area contributed by atoms with E-state index in [4.69, 9.17) is 0 Å². The van der Waals surface area contributed by atoms with E-state index in [0.717, 1.165) is 30.7 Å². The highest BCUT2D eigenvalue weighted by molar-refractivity contribution is 7.13. The van der Waals surface area contributed by atoms with Crippen molar-refractivity contribution < 1.29 is 14.7 Å². The third-order valence-electron chi connectivity index (χ3n) is 5.73. The standard InChI is InChI=1S/C21H30N4O3S/c1-3-15(2)17(14-26)22-19(27)8-9-20(28)24-10-12-25(13-11-24)21-16-6-4-5-7-18(16)29-23-21/h4-7,15,17,26H,3,8-14H2,1-2H3,(H,22,27). The number of benzene rings is 1. The summed E-state index contributed by atoms with van der Waals surface area (Å²) in [6.45, 7) is 6.70. The van der Waals surface area contributed by atoms with Gasteiger partial charge in [-0.05, 0) is 29.6 Å². The van der Waals surface area contributed by atoms with E-state index in [2.05, 4.69) is 26.7 Å². The van der Waals surface area contributed by atoms with Gasteiger partial charge in [-0.2, -0.15) is 4.37 Å². The van der Waals surface area contributed by atoms with Crippen molar-refractivity contribution in [1.82, 2.24) is 14.6 Å². The van der Waals surface area contributed by atoms with Crippen LogP contribution in [0.3, 0.4) is 0 Å². The number of carbonyl (C=O) groups is 2. The Morgan fingerprint density at radius 3 is 2.62 bits per heavy atom. The maximum atomic E-state index is 12.5. The van der Waals surface area contributed by atoms with Gasteiger partial charge in [0.1, 0.15) is 5.82 Å². The van der Waals surface area contributed by atoms with Crippen LogP contribution in [-0.4, -0.2) is 65.0 Å². The topological polar surface area (TPSA) is 85.8 Å². The molecule has 0 bridgehead atoms. The molecule has 1 fully saturated rings. The minimum absolute atomic E-state index is 0.00650. The van der Waals surface area contributed by atoms with Crippen molar-refractivity contribution >= 4 is 39.3 Å². The second-order valence-corrected chi connectivity index (χ2v) is 8.42. The van der Waals surface area contributed by atoms with E-state index in [0.29, 0.717) is 13.1 Å². The van der Waals surface area contributed by atoms with Gasteiger partial charge in [0.05, 0.1) is 17.3 Å². The molecule has 0 aliphatic carbocycles. The predicted molar refractivity (Wildman–Crippen MR) is 116 cm³/mol. The van der Waals surface area contributed by atoms with E-state index in [9.17, 15) is 14.7 Å². The van der Waals surface area contributed by atoms with Crippen LogP contribution >= 0.6 is 11.5 Å². The molecule has 8 heteroatoms. The second kappa shape index (κ2) is 10.0. The molecule has 2 N–H and O–H groups in total. The zero-order chi connectivity index (χ0) is 20.8. The normalized spacial score (nSPS) is 16.7. The number of anilines is 1. The molecule has 3 rings (SSSR count). The molecule has 1 aromatic heterocycles. The lowest BCUT2D eigenvalue weighted by Crippen LogP contribution is -2.49. The van der Waals surface area contributed by atoms with Crippen LogP contribution in [-0.2, 0) is 9.59 Å². The summed E-state index contributed by atoms with van der Waals surface area (Å²) in [6.07, 6.45) is 1.23. The summed E-state index contributed by atoms with van der Waals surface area (Å²) in [5, 5.41) is 13.4. The number of nitrogens with zero attached hydrogens (tertiary/aromatic N) is 3. The fraction of sp³-hybridized carbons (Fsp3) is 0.571. The van der Waals surface area contributed by atoms with Gasteiger partial charge in [0.15, 0.2) is 0 Å². The highest BCUT2D eigenvalue weighted by Gasteiger charge is 2.24. The molecular weight excluding hydrogens is 388 g/mol. The highest BCUT2D eigenvalue weighted by atomic mass is 32.1. The molecule has 2 atom stereocenters. The minimum Gasteiger partial charge on any atom is -0.394 e. The number of rotatable bonds is 8. The van der Waals surface area contributed by atoms with Crippen molar-refractivity contribution in [1.29, 1.82) is 0 Å². The monoisotopic (exact) mass is 418 g/mol. The molecule has 2 heterocycles. The Kier molecular flexibility index (Phi) is 7.44. The number of aliphatic hydroxyl groups excluding tert-OH is 1. The van der Waals surface area contributed by atoms with Gasteiger partial charge in [-0.1, -0.05) is 32.4 Å². The Morgan fingerprint density at radius 2 is 1.93 bits per heavy atom. The summed E-state index contributed by atoms with van der Waals surface area (Å²) in [6, 6.07) is 7.95. The molecule has 158 valence electrons. The maximum Gasteiger partial charge on any atom is 0.223 e. The molecule has 7 nitrogen and oxygen atoms in total. The third-order valence-corrected chi connectivity index (χ3v) is 6.55. The van der Waals surface area contributed by atoms with Gasteiger partial charge in [0.25, 0.3) is 0 Å². The average Bonchev–Trinajstić information content (AvgIpc) is 3.19. The smallest absolute Gasteiger partial charge is 0.223 e. The first kappa shape index (κ1) is 21.5. The number of hydrogen-bond acceptors (Lipinski definition) is 6. The Labute approximate surface area is 175 Å². The van der Waals surface area contributed by atoms with Crippen molar-refractivity contribution in [3.05, 3.63) is 24.3 Å². The summed E-state index contributed by atoms with van der Waals surface area (Å²) in [5.41, 5.74) is 0. The first-order chi connectivity index (χ1) is 14.0. The number of aliphatic hydroxyl groups is 1. The van der Waals surface area contributed by atoms with Crippen molar-refractivity contribution in [3.63, 3.8) is 0 Å². The van der Waals surface area contributed by atoms with E-state index in [1.54, 1.807) is 0 Å². The van der Waals surface area contributed by atoms with Crippen LogP contribution in [0.1, 0.15) is 33.1 Å². The van der Waals surface area contributed by atoms with Crippen LogP contribution in [0.5, 0.6) is 0 Å². The molecule has 1 aromatic carbocycles. The van der Waals surface area contributed by atoms with Crippen LogP contribution in [0.4, 0.5) is 5.82 Å². The number of carbonyl (C=O) groups excluding carboxylic acids is 2. The van der Waals surface area contributed by atoms with Crippen LogP contribution in [0.25, 0.3) is 10.1 Å². The van der Waals surface area contributed by atoms with Crippen LogP contribution in [0.15, 0.2) is 24.3 Å². The fourth-order valence-electron chi connectivity index (χ4n) is 3.58. The zero-order valence-corrected chi connectivity index (χ0v) is 18.0. The van der Waals surface area contributed by atoms with Crippen molar-refractivity contribution in [2.75, 3.05) is 37.7 Å². The van der Waals surface area contributed by atoms with Gasteiger partial charge < -0.3 is 20.2 Å². The first-order valence-electron chi connectivity index (χ1n) is 10.3. The number of aromatic nitrogens is 1. The molecule has 0 spiro atoms. The Bertz CT molecular complexity index is 832. The summed E-state index contributed by atoms with van der Waals surface area (Å²) in [5.74, 6) is 1.03. The second-order valence-electron chi connectivity index (χ2n) is 7.61. The van der Waals surface area contributed by atoms with E-state index in [1.807, 2.05) is 30.9 Å². The molecule has 0 saturated carbocycles. The maximum absolute atomic E-state index is 12.5. The first-order valence-corrected chi connectivity index (χ1v) is 11.1. The molecular formula is C21H30N4O3S. The Morgan fingerprint density at radius 1 is 1.21 bits per heavy atom. The lowest BCUT2D eigenvalue weighted by molar-refractivity contribution is -0.134. The zero-order valence-electron chi connectivity index (χ0n) is 17.1. The number of piperazine rings is 1. The van der Waals surface area contributed by atoms with Crippen LogP contribution < -0.4 is 10.2 Å². The lowest BCUT2D eigenvalue weighted by Gasteiger charge is -2.35. The van der Waals surface area contributed by atoms with Crippen LogP contribution in [0.2, 0.25) is 0 Å². The molecule has 29 heavy (non-hydrogen) atoms. The van der Waals surface area contributed by atoms with Crippen molar-refractivity contribution in [2.24, 2.45) is 5.92 Å². The number of hydrogen-bond donors (Lipinski definition) is 2. The van der Waals surface area contributed by atoms with E-state index in [1.165, 1.54) is 16.2 Å². The Balaban J connectivity index is 1.46. The van der Waals surface area contributed by atoms with E-state index in [-0.39, 0.29) is 43.2 Å². The van der Waals surface area contributed by atoms with Gasteiger partial charge in [-0.3, -0.25) is 9.59 Å². The van der Waals surface area contributed by atoms with Gasteiger partial charge in [0, 0.05) is 44.4 Å². The molecule has 2 aromatic rings. The summed E-state index contributed by atoms with van der Waals surface area (Å²) >= 11 is 1.50. The fourth-order valence-corrected chi connectivity index (χ4v) is 4.37. The lowest BCUT2D eigenvalue weighted by atomic mass is 10.00. The predicted octanol–water partition coefficient (Wildman–Crippen LogP) is 2.25. The van der Waals surface area contributed by atoms with Gasteiger partial charge in [-0.15, -0.1) is 0 Å². The van der Waals surface area contributed by atoms with Crippen molar-refractivity contribution in [2.45, 2.75) is 39.2 Å². The van der Waals surface area contributed by atoms with Gasteiger partial charge in [-0.25, -0.2) is 0 Å². The summed E-state index contributed by atoms with van der Waals surface area (Å²) < 4.78 is 5.77. The highest BCUT2D eigenvalue weighted by Crippen LogP contribution is 2.29. The Hall–Kier alpha value is -2.19. The van der Waals surface area contributed by atoms with Gasteiger partial charge >= 0.3 is 0 Å². The van der Waals surface area contributed by atoms with Crippen molar-refractivity contribution in [3.8, 4) is 0 Å². The van der Waals surface area contributed by atoms with Crippen LogP contribution in [0, 0.1) is 5.92 Å². The largest absolute Gasteiger partial charge is 0.394 e. The molecule has 2 amide bonds. The molecule has 1 aliphatic heterocycles. The quantitative estimate of drug-likeness (QED) is 0.687. The number of nitrogens with one attached hydrogen (secondary N) is 1. The summed E-state index contributed by atoms with van der Waals surface area (Å²) in [7, 11) is 0. The summed E-state index contributed by atoms with van der Waals surface area (Å²) in [4.78, 5) is 28.7. The average molecular weight is 419 g/mol. The SMILES string of the molecule is CCC(C)C(CO)NC(=O)CCC(=O)N1CCN(c2nsc3ccccc23)CC1. The third kappa shape index (κ3) is 5.25. The van der Waals surface area contributed by atoms with E-state index >= 15 is 0 Å².